The van der Waals surface area contributed by atoms with Crippen molar-refractivity contribution in [2.45, 2.75) is 6.54 Å². The number of carbonyl (C=O) groups is 1. The van der Waals surface area contributed by atoms with Gasteiger partial charge in [-0.2, -0.15) is 4.37 Å². The van der Waals surface area contributed by atoms with Gasteiger partial charge in [-0.25, -0.2) is 4.79 Å². The van der Waals surface area contributed by atoms with Crippen LogP contribution in [0.25, 0.3) is 10.1 Å². The molecule has 0 bridgehead atoms. The van der Waals surface area contributed by atoms with Crippen LogP contribution in [0.3, 0.4) is 0 Å². The van der Waals surface area contributed by atoms with Gasteiger partial charge in [-0.1, -0.05) is 35.3 Å². The fraction of sp³-hybridized carbons (Fsp3) is 0.125. The van der Waals surface area contributed by atoms with E-state index >= 15 is 0 Å². The lowest BCUT2D eigenvalue weighted by Crippen LogP contribution is -2.01. The molecule has 0 atom stereocenters. The van der Waals surface area contributed by atoms with E-state index in [-0.39, 0.29) is 15.6 Å². The van der Waals surface area contributed by atoms with Gasteiger partial charge in [0, 0.05) is 11.9 Å². The van der Waals surface area contributed by atoms with E-state index in [1.165, 1.54) is 0 Å². The van der Waals surface area contributed by atoms with Gasteiger partial charge in [-0.15, -0.1) is 0 Å². The van der Waals surface area contributed by atoms with Crippen molar-refractivity contribution < 1.29 is 14.6 Å². The third-order valence-corrected chi connectivity index (χ3v) is 5.13. The van der Waals surface area contributed by atoms with Gasteiger partial charge in [0.1, 0.15) is 11.6 Å². The summed E-state index contributed by atoms with van der Waals surface area (Å²) in [5.74, 6) is 0.222. The Morgan fingerprint density at radius 2 is 2.17 bits per heavy atom. The second-order valence-corrected chi connectivity index (χ2v) is 6.52. The van der Waals surface area contributed by atoms with Crippen LogP contribution in [0.2, 0.25) is 10.0 Å². The van der Waals surface area contributed by atoms with E-state index in [1.807, 2.05) is 24.3 Å². The summed E-state index contributed by atoms with van der Waals surface area (Å²) in [4.78, 5) is 11.3. The van der Waals surface area contributed by atoms with Gasteiger partial charge in [0.05, 0.1) is 27.4 Å². The molecule has 3 aromatic rings. The molecule has 0 aliphatic rings. The minimum atomic E-state index is -1.16. The number of fused-ring (bicyclic) bond motifs is 1. The van der Waals surface area contributed by atoms with Crippen LogP contribution in [-0.2, 0) is 6.54 Å². The van der Waals surface area contributed by atoms with Crippen molar-refractivity contribution in [3.8, 4) is 5.75 Å². The number of nitrogens with one attached hydrogen (secondary N) is 1. The summed E-state index contributed by atoms with van der Waals surface area (Å²) in [7, 11) is 1.62. The van der Waals surface area contributed by atoms with Gasteiger partial charge in [0.25, 0.3) is 0 Å². The monoisotopic (exact) mass is 382 g/mol. The van der Waals surface area contributed by atoms with Crippen LogP contribution in [0.15, 0.2) is 30.3 Å². The molecule has 24 heavy (non-hydrogen) atoms. The minimum Gasteiger partial charge on any atom is -0.497 e. The molecular weight excluding hydrogens is 371 g/mol. The molecule has 1 heterocycles. The van der Waals surface area contributed by atoms with Crippen LogP contribution in [0.1, 0.15) is 15.9 Å². The van der Waals surface area contributed by atoms with Crippen molar-refractivity contribution in [2.24, 2.45) is 0 Å². The Kier molecular flexibility index (Phi) is 4.80. The predicted molar refractivity (Wildman–Crippen MR) is 96.9 cm³/mol. The van der Waals surface area contributed by atoms with Gasteiger partial charge in [-0.05, 0) is 35.3 Å². The highest BCUT2D eigenvalue weighted by atomic mass is 35.5. The zero-order valence-corrected chi connectivity index (χ0v) is 14.8. The number of methoxy groups -OCH3 is 1. The van der Waals surface area contributed by atoms with E-state index in [1.54, 1.807) is 13.2 Å². The SMILES string of the molecule is COc1cccc(CNc2nsc3c(Cl)c(C(=O)O)c(Cl)cc23)c1. The molecule has 0 unspecified atom stereocenters. The predicted octanol–water partition coefficient (Wildman–Crippen LogP) is 4.92. The van der Waals surface area contributed by atoms with Gasteiger partial charge in [0.15, 0.2) is 0 Å². The van der Waals surface area contributed by atoms with Crippen LogP contribution in [0.5, 0.6) is 5.75 Å². The van der Waals surface area contributed by atoms with E-state index in [0.29, 0.717) is 22.4 Å². The fourth-order valence-corrected chi connectivity index (χ4v) is 3.80. The molecule has 0 fully saturated rings. The normalized spacial score (nSPS) is 10.8. The molecule has 0 radical (unpaired) electrons. The number of hydrogen-bond acceptors (Lipinski definition) is 5. The number of carboxylic acids is 1. The van der Waals surface area contributed by atoms with Crippen molar-refractivity contribution in [1.82, 2.24) is 4.37 Å². The minimum absolute atomic E-state index is 0.0876. The average molecular weight is 383 g/mol. The maximum absolute atomic E-state index is 11.3. The summed E-state index contributed by atoms with van der Waals surface area (Å²) in [6.45, 7) is 0.534. The first-order chi connectivity index (χ1) is 11.5. The van der Waals surface area contributed by atoms with E-state index < -0.39 is 5.97 Å². The van der Waals surface area contributed by atoms with Crippen molar-refractivity contribution in [2.75, 3.05) is 12.4 Å². The Hall–Kier alpha value is -2.02. The summed E-state index contributed by atoms with van der Waals surface area (Å²) in [6, 6.07) is 9.23. The Morgan fingerprint density at radius 1 is 1.38 bits per heavy atom. The number of hydrogen-bond donors (Lipinski definition) is 2. The van der Waals surface area contributed by atoms with Crippen molar-refractivity contribution in [3.63, 3.8) is 0 Å². The summed E-state index contributed by atoms with van der Waals surface area (Å²) in [6.07, 6.45) is 0. The molecule has 1 aromatic heterocycles. The Bertz CT molecular complexity index is 927. The third-order valence-electron chi connectivity index (χ3n) is 3.46. The molecule has 0 saturated heterocycles. The van der Waals surface area contributed by atoms with Crippen molar-refractivity contribution >= 4 is 56.6 Å². The maximum atomic E-state index is 11.3. The fourth-order valence-electron chi connectivity index (χ4n) is 2.30. The lowest BCUT2D eigenvalue weighted by Gasteiger charge is -2.07. The summed E-state index contributed by atoms with van der Waals surface area (Å²) in [5, 5.41) is 13.3. The van der Waals surface area contributed by atoms with E-state index in [4.69, 9.17) is 27.9 Å². The highest BCUT2D eigenvalue weighted by Crippen LogP contribution is 2.39. The Morgan fingerprint density at radius 3 is 2.88 bits per heavy atom. The van der Waals surface area contributed by atoms with Crippen LogP contribution in [-0.4, -0.2) is 22.6 Å². The van der Waals surface area contributed by atoms with E-state index in [9.17, 15) is 9.90 Å². The summed E-state index contributed by atoms with van der Waals surface area (Å²) in [5.41, 5.74) is 0.920. The van der Waals surface area contributed by atoms with Gasteiger partial charge in [0.2, 0.25) is 0 Å². The van der Waals surface area contributed by atoms with E-state index in [0.717, 1.165) is 22.8 Å². The van der Waals surface area contributed by atoms with Gasteiger partial charge in [-0.3, -0.25) is 0 Å². The van der Waals surface area contributed by atoms with Gasteiger partial charge < -0.3 is 15.2 Å². The molecule has 2 N–H and O–H groups in total. The molecule has 0 amide bonds. The maximum Gasteiger partial charge on any atom is 0.338 e. The summed E-state index contributed by atoms with van der Waals surface area (Å²) >= 11 is 13.4. The molecule has 0 spiro atoms. The van der Waals surface area contributed by atoms with Crippen LogP contribution in [0, 0.1) is 0 Å². The number of rotatable bonds is 5. The molecule has 3 rings (SSSR count). The number of benzene rings is 2. The molecule has 0 saturated carbocycles. The van der Waals surface area contributed by atoms with Crippen LogP contribution >= 0.6 is 34.7 Å². The molecular formula is C16H12Cl2N2O3S. The first-order valence-electron chi connectivity index (χ1n) is 6.88. The number of aromatic carboxylic acids is 1. The lowest BCUT2D eigenvalue weighted by molar-refractivity contribution is 0.0697. The Labute approximate surface area is 151 Å². The van der Waals surface area contributed by atoms with Crippen molar-refractivity contribution in [1.29, 1.82) is 0 Å². The third kappa shape index (κ3) is 3.13. The average Bonchev–Trinajstić information content (AvgIpc) is 2.96. The zero-order chi connectivity index (χ0) is 17.3. The molecule has 2 aromatic carbocycles. The second kappa shape index (κ2) is 6.84. The highest BCUT2D eigenvalue weighted by Gasteiger charge is 2.20. The molecule has 124 valence electrons. The second-order valence-electron chi connectivity index (χ2n) is 4.97. The largest absolute Gasteiger partial charge is 0.497 e. The zero-order valence-electron chi connectivity index (χ0n) is 12.5. The van der Waals surface area contributed by atoms with E-state index in [2.05, 4.69) is 9.69 Å². The molecule has 8 heteroatoms. The first-order valence-corrected chi connectivity index (χ1v) is 8.41. The first kappa shape index (κ1) is 16.8. The number of halogens is 2. The molecule has 5 nitrogen and oxygen atoms in total. The Balaban J connectivity index is 1.92. The number of carboxylic acid groups (broad SMARTS) is 1. The number of aromatic nitrogens is 1. The summed E-state index contributed by atoms with van der Waals surface area (Å²) < 4.78 is 10.1. The topological polar surface area (TPSA) is 71.5 Å². The number of anilines is 1. The quantitative estimate of drug-likeness (QED) is 0.654. The van der Waals surface area contributed by atoms with Crippen LogP contribution < -0.4 is 10.1 Å². The van der Waals surface area contributed by atoms with Crippen LogP contribution in [0.4, 0.5) is 5.82 Å². The highest BCUT2D eigenvalue weighted by molar-refractivity contribution is 7.14. The van der Waals surface area contributed by atoms with Gasteiger partial charge >= 0.3 is 5.97 Å². The van der Waals surface area contributed by atoms with Crippen molar-refractivity contribution in [3.05, 3.63) is 51.5 Å². The number of nitrogens with zero attached hydrogens (tertiary/aromatic N) is 1. The lowest BCUT2D eigenvalue weighted by atomic mass is 10.1. The standard InChI is InChI=1S/C16H12Cl2N2O3S/c1-23-9-4-2-3-8(5-9)7-19-15-10-6-11(17)12(16(21)22)13(18)14(10)24-20-15/h2-6H,7H2,1H3,(H,19,20)(H,21,22). The number of ether oxygens (including phenoxy) is 1. The molecule has 0 aliphatic heterocycles. The molecule has 0 aliphatic carbocycles. The smallest absolute Gasteiger partial charge is 0.338 e.